The molecule has 1 heteroatoms. The Morgan fingerprint density at radius 1 is 1.13 bits per heavy atom. The summed E-state index contributed by atoms with van der Waals surface area (Å²) in [6.45, 7) is 4.51. The average molecular weight is 206 g/mol. The van der Waals surface area contributed by atoms with Gasteiger partial charge in [-0.2, -0.15) is 0 Å². The van der Waals surface area contributed by atoms with E-state index < -0.39 is 0 Å². The molecule has 0 amide bonds. The van der Waals surface area contributed by atoms with E-state index in [0.717, 1.165) is 12.3 Å². The van der Waals surface area contributed by atoms with Crippen molar-refractivity contribution in [1.29, 1.82) is 0 Å². The molecule has 0 spiro atoms. The second-order valence-electron chi connectivity index (χ2n) is 4.29. The predicted molar refractivity (Wildman–Crippen MR) is 65.1 cm³/mol. The van der Waals surface area contributed by atoms with E-state index in [1.54, 1.807) is 12.1 Å². The maximum absolute atomic E-state index is 9.19. The first-order chi connectivity index (χ1) is 7.26. The molecule has 0 fully saturated rings. The van der Waals surface area contributed by atoms with Crippen molar-refractivity contribution in [3.8, 4) is 5.75 Å². The van der Waals surface area contributed by atoms with Crippen LogP contribution in [0.1, 0.15) is 45.1 Å². The fourth-order valence-corrected chi connectivity index (χ4v) is 1.91. The van der Waals surface area contributed by atoms with E-state index in [2.05, 4.69) is 13.8 Å². The lowest BCUT2D eigenvalue weighted by atomic mass is 9.92. The van der Waals surface area contributed by atoms with Crippen LogP contribution < -0.4 is 0 Å². The smallest absolute Gasteiger partial charge is 0.115 e. The van der Waals surface area contributed by atoms with Gasteiger partial charge in [0, 0.05) is 0 Å². The van der Waals surface area contributed by atoms with Gasteiger partial charge in [-0.1, -0.05) is 51.7 Å². The third-order valence-electron chi connectivity index (χ3n) is 3.00. The molecule has 0 aliphatic heterocycles. The van der Waals surface area contributed by atoms with Gasteiger partial charge in [0.15, 0.2) is 0 Å². The van der Waals surface area contributed by atoms with Gasteiger partial charge in [-0.25, -0.2) is 0 Å². The fourth-order valence-electron chi connectivity index (χ4n) is 1.91. The van der Waals surface area contributed by atoms with Crippen LogP contribution in [-0.2, 0) is 6.42 Å². The Morgan fingerprint density at radius 2 is 1.80 bits per heavy atom. The van der Waals surface area contributed by atoms with E-state index in [1.807, 2.05) is 12.1 Å². The number of unbranched alkanes of at least 4 members (excludes halogenated alkanes) is 1. The van der Waals surface area contributed by atoms with Gasteiger partial charge in [0.1, 0.15) is 5.75 Å². The van der Waals surface area contributed by atoms with E-state index >= 15 is 0 Å². The zero-order valence-electron chi connectivity index (χ0n) is 9.87. The van der Waals surface area contributed by atoms with Gasteiger partial charge in [0.25, 0.3) is 0 Å². The van der Waals surface area contributed by atoms with E-state index in [4.69, 9.17) is 0 Å². The van der Waals surface area contributed by atoms with Gasteiger partial charge in [-0.3, -0.25) is 0 Å². The highest BCUT2D eigenvalue weighted by Crippen LogP contribution is 2.19. The van der Waals surface area contributed by atoms with Crippen molar-refractivity contribution in [3.05, 3.63) is 29.8 Å². The van der Waals surface area contributed by atoms with E-state index in [1.165, 1.54) is 31.2 Å². The lowest BCUT2D eigenvalue weighted by Gasteiger charge is -2.14. The summed E-state index contributed by atoms with van der Waals surface area (Å²) in [6, 6.07) is 7.62. The van der Waals surface area contributed by atoms with Crippen LogP contribution in [0.25, 0.3) is 0 Å². The molecule has 1 nitrogen and oxygen atoms in total. The highest BCUT2D eigenvalue weighted by Gasteiger charge is 2.06. The SMILES string of the molecule is CCCCC(CC)Cc1ccc(O)cc1. The van der Waals surface area contributed by atoms with Crippen molar-refractivity contribution < 1.29 is 5.11 Å². The van der Waals surface area contributed by atoms with Gasteiger partial charge < -0.3 is 5.11 Å². The molecular weight excluding hydrogens is 184 g/mol. The lowest BCUT2D eigenvalue weighted by Crippen LogP contribution is -2.03. The quantitative estimate of drug-likeness (QED) is 0.741. The summed E-state index contributed by atoms with van der Waals surface area (Å²) in [7, 11) is 0. The standard InChI is InChI=1S/C14H22O/c1-3-5-6-12(4-2)11-13-7-9-14(15)10-8-13/h7-10,12,15H,3-6,11H2,1-2H3. The van der Waals surface area contributed by atoms with E-state index in [9.17, 15) is 5.11 Å². The molecule has 84 valence electrons. The van der Waals surface area contributed by atoms with Gasteiger partial charge in [-0.15, -0.1) is 0 Å². The minimum absolute atomic E-state index is 0.361. The molecule has 1 aromatic rings. The zero-order chi connectivity index (χ0) is 11.1. The molecule has 1 N–H and O–H groups in total. The second kappa shape index (κ2) is 6.49. The third-order valence-corrected chi connectivity index (χ3v) is 3.00. The van der Waals surface area contributed by atoms with Gasteiger partial charge >= 0.3 is 0 Å². The lowest BCUT2D eigenvalue weighted by molar-refractivity contribution is 0.448. The molecule has 0 saturated heterocycles. The third kappa shape index (κ3) is 4.37. The molecule has 0 saturated carbocycles. The van der Waals surface area contributed by atoms with Crippen LogP contribution in [0.3, 0.4) is 0 Å². The highest BCUT2D eigenvalue weighted by atomic mass is 16.3. The minimum Gasteiger partial charge on any atom is -0.508 e. The van der Waals surface area contributed by atoms with Crippen LogP contribution in [0, 0.1) is 5.92 Å². The van der Waals surface area contributed by atoms with Crippen molar-refractivity contribution in [1.82, 2.24) is 0 Å². The maximum Gasteiger partial charge on any atom is 0.115 e. The minimum atomic E-state index is 0.361. The zero-order valence-corrected chi connectivity index (χ0v) is 9.87. The molecule has 0 aromatic heterocycles. The summed E-state index contributed by atoms with van der Waals surface area (Å²) >= 11 is 0. The Bertz CT molecular complexity index is 263. The van der Waals surface area contributed by atoms with Crippen LogP contribution >= 0.6 is 0 Å². The Morgan fingerprint density at radius 3 is 2.33 bits per heavy atom. The Balaban J connectivity index is 2.47. The van der Waals surface area contributed by atoms with Crippen molar-refractivity contribution in [2.75, 3.05) is 0 Å². The number of hydrogen-bond donors (Lipinski definition) is 1. The normalized spacial score (nSPS) is 12.7. The second-order valence-corrected chi connectivity index (χ2v) is 4.29. The van der Waals surface area contributed by atoms with E-state index in [0.29, 0.717) is 5.75 Å². The summed E-state index contributed by atoms with van der Waals surface area (Å²) < 4.78 is 0. The molecule has 1 aromatic carbocycles. The van der Waals surface area contributed by atoms with Gasteiger partial charge in [0.05, 0.1) is 0 Å². The van der Waals surface area contributed by atoms with Crippen LogP contribution in [0.15, 0.2) is 24.3 Å². The van der Waals surface area contributed by atoms with Crippen molar-refractivity contribution in [2.24, 2.45) is 5.92 Å². The molecule has 0 aliphatic rings. The summed E-state index contributed by atoms with van der Waals surface area (Å²) in [5.41, 5.74) is 1.34. The molecular formula is C14H22O. The first kappa shape index (κ1) is 12.1. The van der Waals surface area contributed by atoms with Crippen molar-refractivity contribution >= 4 is 0 Å². The summed E-state index contributed by atoms with van der Waals surface area (Å²) in [5.74, 6) is 1.16. The topological polar surface area (TPSA) is 20.2 Å². The Kier molecular flexibility index (Phi) is 5.23. The number of phenolic OH excluding ortho intramolecular Hbond substituents is 1. The van der Waals surface area contributed by atoms with Crippen LogP contribution in [0.5, 0.6) is 5.75 Å². The Hall–Kier alpha value is -0.980. The fraction of sp³-hybridized carbons (Fsp3) is 0.571. The molecule has 0 bridgehead atoms. The molecule has 0 heterocycles. The molecule has 0 radical (unpaired) electrons. The molecule has 0 aliphatic carbocycles. The maximum atomic E-state index is 9.19. The summed E-state index contributed by atoms with van der Waals surface area (Å²) in [5, 5.41) is 9.19. The van der Waals surface area contributed by atoms with E-state index in [-0.39, 0.29) is 0 Å². The highest BCUT2D eigenvalue weighted by molar-refractivity contribution is 5.26. The molecule has 15 heavy (non-hydrogen) atoms. The average Bonchev–Trinajstić information content (AvgIpc) is 2.27. The molecule has 1 atom stereocenters. The number of benzene rings is 1. The van der Waals surface area contributed by atoms with Crippen LogP contribution in [0.2, 0.25) is 0 Å². The van der Waals surface area contributed by atoms with Gasteiger partial charge in [0.2, 0.25) is 0 Å². The number of hydrogen-bond acceptors (Lipinski definition) is 1. The summed E-state index contributed by atoms with van der Waals surface area (Å²) in [6.07, 6.45) is 6.34. The van der Waals surface area contributed by atoms with Crippen molar-refractivity contribution in [2.45, 2.75) is 46.0 Å². The summed E-state index contributed by atoms with van der Waals surface area (Å²) in [4.78, 5) is 0. The first-order valence-electron chi connectivity index (χ1n) is 6.04. The van der Waals surface area contributed by atoms with Crippen LogP contribution in [-0.4, -0.2) is 5.11 Å². The number of rotatable bonds is 6. The largest absolute Gasteiger partial charge is 0.508 e. The van der Waals surface area contributed by atoms with Gasteiger partial charge in [-0.05, 0) is 30.0 Å². The Labute approximate surface area is 93.1 Å². The van der Waals surface area contributed by atoms with Crippen molar-refractivity contribution in [3.63, 3.8) is 0 Å². The first-order valence-corrected chi connectivity index (χ1v) is 6.04. The molecule has 1 rings (SSSR count). The monoisotopic (exact) mass is 206 g/mol. The number of aromatic hydroxyl groups is 1. The molecule has 1 unspecified atom stereocenters. The number of phenols is 1. The predicted octanol–water partition coefficient (Wildman–Crippen LogP) is 4.15. The van der Waals surface area contributed by atoms with Crippen LogP contribution in [0.4, 0.5) is 0 Å².